The fourth-order valence-corrected chi connectivity index (χ4v) is 6.96. The van der Waals surface area contributed by atoms with E-state index in [4.69, 9.17) is 0 Å². The van der Waals surface area contributed by atoms with Crippen molar-refractivity contribution in [2.24, 2.45) is 0 Å². The quantitative estimate of drug-likeness (QED) is 0.374. The molecule has 0 aliphatic rings. The van der Waals surface area contributed by atoms with Gasteiger partial charge in [-0.2, -0.15) is 0 Å². The van der Waals surface area contributed by atoms with Crippen LogP contribution in [0.15, 0.2) is 90.0 Å². The molecule has 0 unspecified atom stereocenters. The maximum Gasteiger partial charge on any atom is 0.263 e. The predicted molar refractivity (Wildman–Crippen MR) is 133 cm³/mol. The lowest BCUT2D eigenvalue weighted by molar-refractivity contribution is 0.539. The Balaban J connectivity index is 1.99. The third-order valence-electron chi connectivity index (χ3n) is 5.55. The van der Waals surface area contributed by atoms with E-state index < -0.39 is 18.8 Å². The second kappa shape index (κ2) is 10.1. The van der Waals surface area contributed by atoms with Crippen LogP contribution in [0.5, 0.6) is 0 Å². The van der Waals surface area contributed by atoms with E-state index in [0.717, 1.165) is 34.0 Å². The fourth-order valence-electron chi connectivity index (χ4n) is 3.60. The third-order valence-corrected chi connectivity index (χ3v) is 10.2. The molecule has 3 aromatic rings. The molecule has 161 valence electrons. The molecule has 5 heteroatoms. The second-order valence-electron chi connectivity index (χ2n) is 7.63. The molecule has 0 spiro atoms. The summed E-state index contributed by atoms with van der Waals surface area (Å²) in [5.74, 6) is 0. The Bertz CT molecular complexity index is 1120. The molecule has 0 aliphatic carbocycles. The molecule has 1 radical (unpaired) electrons. The van der Waals surface area contributed by atoms with Gasteiger partial charge in [-0.25, -0.2) is 8.42 Å². The average Bonchev–Trinajstić information content (AvgIpc) is 2.80. The lowest BCUT2D eigenvalue weighted by Crippen LogP contribution is -2.24. The highest BCUT2D eigenvalue weighted by molar-refractivity contribution is 7.89. The minimum Gasteiger partial charge on any atom is -0.277 e. The van der Waals surface area contributed by atoms with Gasteiger partial charge in [0, 0.05) is 13.2 Å². The van der Waals surface area contributed by atoms with Crippen molar-refractivity contribution in [3.05, 3.63) is 96.2 Å². The van der Waals surface area contributed by atoms with Gasteiger partial charge in [-0.15, -0.1) is 0 Å². The van der Waals surface area contributed by atoms with Crippen LogP contribution in [0, 0.1) is 6.92 Å². The van der Waals surface area contributed by atoms with Gasteiger partial charge in [-0.3, -0.25) is 4.31 Å². The van der Waals surface area contributed by atoms with Crippen molar-refractivity contribution in [3.8, 4) is 11.1 Å². The van der Waals surface area contributed by atoms with Gasteiger partial charge >= 0.3 is 0 Å². The summed E-state index contributed by atoms with van der Waals surface area (Å²) in [7, 11) is -2.83. The summed E-state index contributed by atoms with van der Waals surface area (Å²) < 4.78 is 27.7. The number of sulfonamides is 1. The molecule has 0 fully saturated rings. The predicted octanol–water partition coefficient (Wildman–Crippen LogP) is 6.40. The summed E-state index contributed by atoms with van der Waals surface area (Å²) in [5, 5.41) is 1.15. The number of hydrogen-bond acceptors (Lipinski definition) is 2. The second-order valence-corrected chi connectivity index (χ2v) is 12.8. The molecule has 0 aromatic heterocycles. The van der Waals surface area contributed by atoms with Gasteiger partial charge in [0.05, 0.1) is 13.7 Å². The van der Waals surface area contributed by atoms with Crippen LogP contribution in [-0.4, -0.2) is 28.6 Å². The highest BCUT2D eigenvalue weighted by Crippen LogP contribution is 2.28. The van der Waals surface area contributed by atoms with Crippen LogP contribution in [0.2, 0.25) is 12.1 Å². The highest BCUT2D eigenvalue weighted by Gasteiger charge is 2.22. The Morgan fingerprint density at radius 2 is 1.39 bits per heavy atom. The van der Waals surface area contributed by atoms with Crippen molar-refractivity contribution in [2.45, 2.75) is 37.8 Å². The molecular weight excluding hydrogens is 418 g/mol. The van der Waals surface area contributed by atoms with Gasteiger partial charge in [-0.05, 0) is 40.9 Å². The number of hydrogen-bond donors (Lipinski definition) is 0. The Morgan fingerprint density at radius 1 is 0.839 bits per heavy atom. The summed E-state index contributed by atoms with van der Waals surface area (Å²) >= 11 is 0. The van der Waals surface area contributed by atoms with Gasteiger partial charge in [0.1, 0.15) is 0 Å². The molecule has 0 heterocycles. The average molecular weight is 449 g/mol. The first-order valence-corrected chi connectivity index (χ1v) is 14.0. The summed E-state index contributed by atoms with van der Waals surface area (Å²) in [6.07, 6.45) is 1.84. The molecule has 3 aromatic carbocycles. The Hall–Kier alpha value is -2.63. The summed E-state index contributed by atoms with van der Waals surface area (Å²) in [5.41, 5.74) is 4.48. The van der Waals surface area contributed by atoms with Gasteiger partial charge in [-0.1, -0.05) is 98.2 Å². The maximum absolute atomic E-state index is 13.1. The zero-order valence-electron chi connectivity index (χ0n) is 18.7. The van der Waals surface area contributed by atoms with Crippen molar-refractivity contribution >= 4 is 24.0 Å². The number of benzene rings is 3. The van der Waals surface area contributed by atoms with Gasteiger partial charge < -0.3 is 0 Å². The molecule has 0 saturated carbocycles. The summed E-state index contributed by atoms with van der Waals surface area (Å²) in [4.78, 5) is 0.317. The number of nitrogens with zero attached hydrogens (tertiary/aromatic N) is 1. The summed E-state index contributed by atoms with van der Waals surface area (Å²) in [6, 6.07) is 27.9. The van der Waals surface area contributed by atoms with Crippen molar-refractivity contribution in [1.82, 2.24) is 4.31 Å². The Kier molecular flexibility index (Phi) is 7.52. The topological polar surface area (TPSA) is 37.4 Å². The molecule has 0 aliphatic heterocycles. The van der Waals surface area contributed by atoms with Crippen molar-refractivity contribution in [2.75, 3.05) is 7.05 Å². The molecule has 0 bridgehead atoms. The lowest BCUT2D eigenvalue weighted by Gasteiger charge is -2.22. The standard InChI is InChI=1S/C26H30NO2SSi/c1-5-31(6-2)26(20-27(4)30(28,29)25-18-12-21(3)13-19-25)24-16-14-23(15-17-24)22-10-8-7-9-11-22/h7-20H,5-6H2,1-4H3/b26-20-. The van der Waals surface area contributed by atoms with E-state index in [0.29, 0.717) is 4.90 Å². The first-order valence-electron chi connectivity index (χ1n) is 10.6. The first kappa shape index (κ1) is 23.0. The minimum absolute atomic E-state index is 0.317. The molecular formula is C26H30NO2SSi. The molecule has 31 heavy (non-hydrogen) atoms. The van der Waals surface area contributed by atoms with Gasteiger partial charge in [0.25, 0.3) is 10.0 Å². The van der Waals surface area contributed by atoms with E-state index in [2.05, 4.69) is 50.2 Å². The van der Waals surface area contributed by atoms with E-state index in [1.54, 1.807) is 19.2 Å². The molecule has 3 nitrogen and oxygen atoms in total. The SMILES string of the molecule is CC[Si](CC)/C(=C\N(C)S(=O)(=O)c1ccc(C)cc1)c1ccc(-c2ccccc2)cc1. The third kappa shape index (κ3) is 5.35. The minimum atomic E-state index is -3.59. The van der Waals surface area contributed by atoms with E-state index >= 15 is 0 Å². The largest absolute Gasteiger partial charge is 0.277 e. The zero-order valence-corrected chi connectivity index (χ0v) is 20.5. The van der Waals surface area contributed by atoms with Crippen LogP contribution >= 0.6 is 0 Å². The van der Waals surface area contributed by atoms with Crippen molar-refractivity contribution < 1.29 is 8.42 Å². The van der Waals surface area contributed by atoms with E-state index in [-0.39, 0.29) is 0 Å². The maximum atomic E-state index is 13.1. The highest BCUT2D eigenvalue weighted by atomic mass is 32.2. The zero-order chi connectivity index (χ0) is 22.4. The molecule has 3 rings (SSSR count). The van der Waals surface area contributed by atoms with Crippen LogP contribution in [0.25, 0.3) is 16.3 Å². The smallest absolute Gasteiger partial charge is 0.263 e. The van der Waals surface area contributed by atoms with E-state index in [1.807, 2.05) is 43.5 Å². The molecule has 0 atom stereocenters. The van der Waals surface area contributed by atoms with Gasteiger partial charge in [0.2, 0.25) is 0 Å². The number of rotatable bonds is 8. The van der Waals surface area contributed by atoms with Crippen LogP contribution in [0.1, 0.15) is 25.0 Å². The Morgan fingerprint density at radius 3 is 1.94 bits per heavy atom. The van der Waals surface area contributed by atoms with Crippen molar-refractivity contribution in [3.63, 3.8) is 0 Å². The van der Waals surface area contributed by atoms with Gasteiger partial charge in [0.15, 0.2) is 0 Å². The van der Waals surface area contributed by atoms with Crippen LogP contribution in [0.3, 0.4) is 0 Å². The molecule has 0 N–H and O–H groups in total. The van der Waals surface area contributed by atoms with E-state index in [1.165, 1.54) is 9.87 Å². The van der Waals surface area contributed by atoms with Crippen LogP contribution in [-0.2, 0) is 10.0 Å². The Labute approximate surface area is 188 Å². The normalized spacial score (nSPS) is 12.2. The fraction of sp³-hybridized carbons (Fsp3) is 0.231. The molecule has 0 saturated heterocycles. The monoisotopic (exact) mass is 448 g/mol. The van der Waals surface area contributed by atoms with E-state index in [9.17, 15) is 8.42 Å². The number of aryl methyl sites for hydroxylation is 1. The van der Waals surface area contributed by atoms with Crippen LogP contribution < -0.4 is 0 Å². The summed E-state index contributed by atoms with van der Waals surface area (Å²) in [6.45, 7) is 6.34. The first-order chi connectivity index (χ1) is 14.9. The van der Waals surface area contributed by atoms with Crippen LogP contribution in [0.4, 0.5) is 0 Å². The molecule has 0 amide bonds. The van der Waals surface area contributed by atoms with Crippen molar-refractivity contribution in [1.29, 1.82) is 0 Å². The lowest BCUT2D eigenvalue weighted by atomic mass is 10.0.